The summed E-state index contributed by atoms with van der Waals surface area (Å²) < 4.78 is 14.9. The average molecular weight is 364 g/mol. The van der Waals surface area contributed by atoms with Crippen molar-refractivity contribution in [2.24, 2.45) is 17.7 Å². The molecule has 1 saturated carbocycles. The number of benzene rings is 1. The quantitative estimate of drug-likeness (QED) is 0.450. The van der Waals surface area contributed by atoms with Gasteiger partial charge in [0.1, 0.15) is 5.82 Å². The summed E-state index contributed by atoms with van der Waals surface area (Å²) in [5.74, 6) is 6.49. The minimum Gasteiger partial charge on any atom is -0.271 e. The molecule has 2 rings (SSSR count). The third-order valence-electron chi connectivity index (χ3n) is 4.52. The lowest BCUT2D eigenvalue weighted by Crippen LogP contribution is -2.36. The highest BCUT2D eigenvalue weighted by Gasteiger charge is 2.29. The molecule has 0 spiro atoms. The predicted molar refractivity (Wildman–Crippen MR) is 84.9 cm³/mol. The van der Waals surface area contributed by atoms with Crippen molar-refractivity contribution in [2.75, 3.05) is 0 Å². The van der Waals surface area contributed by atoms with Crippen molar-refractivity contribution in [1.82, 2.24) is 5.43 Å². The molecule has 1 aromatic carbocycles. The molecule has 20 heavy (non-hydrogen) atoms. The summed E-state index contributed by atoms with van der Waals surface area (Å²) in [5, 5.41) is 0.130. The topological polar surface area (TPSA) is 38.0 Å². The first-order valence-corrected chi connectivity index (χ1v) is 8.35. The van der Waals surface area contributed by atoms with E-state index in [-0.39, 0.29) is 16.9 Å². The fourth-order valence-electron chi connectivity index (χ4n) is 3.19. The summed E-state index contributed by atoms with van der Waals surface area (Å²) in [5.41, 5.74) is 3.36. The van der Waals surface area contributed by atoms with E-state index in [0.29, 0.717) is 16.0 Å². The van der Waals surface area contributed by atoms with E-state index in [1.807, 2.05) is 0 Å². The highest BCUT2D eigenvalue weighted by molar-refractivity contribution is 9.10. The molecular weight excluding hydrogens is 343 g/mol. The molecule has 0 aromatic heterocycles. The summed E-state index contributed by atoms with van der Waals surface area (Å²) in [4.78, 5) is 0. The molecule has 0 saturated heterocycles. The zero-order valence-electron chi connectivity index (χ0n) is 11.6. The Labute approximate surface area is 133 Å². The molecule has 1 aromatic rings. The van der Waals surface area contributed by atoms with E-state index in [1.165, 1.54) is 19.3 Å². The van der Waals surface area contributed by atoms with Crippen LogP contribution in [0.2, 0.25) is 5.02 Å². The highest BCUT2D eigenvalue weighted by Crippen LogP contribution is 2.40. The zero-order chi connectivity index (χ0) is 14.7. The van der Waals surface area contributed by atoms with Gasteiger partial charge in [-0.3, -0.25) is 11.3 Å². The molecule has 2 nitrogen and oxygen atoms in total. The molecule has 1 aliphatic carbocycles. The van der Waals surface area contributed by atoms with Crippen LogP contribution in [0.15, 0.2) is 16.6 Å². The third-order valence-corrected chi connectivity index (χ3v) is 5.78. The number of hydrogen-bond acceptors (Lipinski definition) is 2. The summed E-state index contributed by atoms with van der Waals surface area (Å²) in [6.07, 6.45) is 5.79. The number of nitrogens with one attached hydrogen (secondary N) is 1. The molecule has 5 heteroatoms. The van der Waals surface area contributed by atoms with Crippen LogP contribution in [0.5, 0.6) is 0 Å². The second-order valence-electron chi connectivity index (χ2n) is 5.60. The Morgan fingerprint density at radius 2 is 2.05 bits per heavy atom. The molecule has 0 amide bonds. The molecule has 112 valence electrons. The lowest BCUT2D eigenvalue weighted by Gasteiger charge is -2.33. The summed E-state index contributed by atoms with van der Waals surface area (Å²) in [6, 6.07) is 3.38. The van der Waals surface area contributed by atoms with Gasteiger partial charge in [0.15, 0.2) is 0 Å². The van der Waals surface area contributed by atoms with Gasteiger partial charge in [0, 0.05) is 10.0 Å². The van der Waals surface area contributed by atoms with Crippen molar-refractivity contribution in [3.05, 3.63) is 33.0 Å². The Morgan fingerprint density at radius 3 is 2.60 bits per heavy atom. The number of nitrogens with two attached hydrogens (primary N) is 1. The smallest absolute Gasteiger partial charge is 0.147 e. The van der Waals surface area contributed by atoms with Gasteiger partial charge in [0.05, 0.1) is 11.1 Å². The largest absolute Gasteiger partial charge is 0.271 e. The second-order valence-corrected chi connectivity index (χ2v) is 6.83. The number of rotatable bonds is 4. The number of halogens is 3. The van der Waals surface area contributed by atoms with E-state index >= 15 is 0 Å². The maximum absolute atomic E-state index is 14.3. The summed E-state index contributed by atoms with van der Waals surface area (Å²) in [7, 11) is 0. The number of hydrogen-bond donors (Lipinski definition) is 2. The maximum Gasteiger partial charge on any atom is 0.147 e. The Kier molecular flexibility index (Phi) is 5.84. The molecule has 1 atom stereocenters. The first-order chi connectivity index (χ1) is 9.58. The Bertz CT molecular complexity index is 461. The van der Waals surface area contributed by atoms with Crippen LogP contribution in [0.4, 0.5) is 4.39 Å². The lowest BCUT2D eigenvalue weighted by molar-refractivity contribution is 0.217. The van der Waals surface area contributed by atoms with Crippen LogP contribution in [-0.2, 0) is 0 Å². The Balaban J connectivity index is 2.19. The lowest BCUT2D eigenvalue weighted by atomic mass is 9.76. The van der Waals surface area contributed by atoms with Gasteiger partial charge in [-0.05, 0) is 46.7 Å². The van der Waals surface area contributed by atoms with E-state index in [2.05, 4.69) is 28.3 Å². The molecule has 1 fully saturated rings. The minimum absolute atomic E-state index is 0.130. The van der Waals surface area contributed by atoms with Gasteiger partial charge < -0.3 is 0 Å². The summed E-state index contributed by atoms with van der Waals surface area (Å²) >= 11 is 9.22. The van der Waals surface area contributed by atoms with Crippen molar-refractivity contribution in [3.8, 4) is 0 Å². The normalized spacial score (nSPS) is 24.6. The van der Waals surface area contributed by atoms with Gasteiger partial charge in [-0.1, -0.05) is 43.9 Å². The van der Waals surface area contributed by atoms with Crippen LogP contribution in [-0.4, -0.2) is 0 Å². The molecule has 1 aliphatic rings. The Morgan fingerprint density at radius 1 is 1.40 bits per heavy atom. The molecule has 3 N–H and O–H groups in total. The van der Waals surface area contributed by atoms with E-state index in [1.54, 1.807) is 12.1 Å². The van der Waals surface area contributed by atoms with Crippen molar-refractivity contribution in [2.45, 2.75) is 45.1 Å². The van der Waals surface area contributed by atoms with E-state index < -0.39 is 0 Å². The fourth-order valence-corrected chi connectivity index (χ4v) is 3.67. The van der Waals surface area contributed by atoms with Crippen molar-refractivity contribution < 1.29 is 4.39 Å². The van der Waals surface area contributed by atoms with Crippen LogP contribution in [0, 0.1) is 17.7 Å². The SMILES string of the molecule is CCC1CCC(C(NN)c2ccc(Br)c(Cl)c2F)CC1. The predicted octanol–water partition coefficient (Wildman–Crippen LogP) is 4.96. The molecule has 0 radical (unpaired) electrons. The van der Waals surface area contributed by atoms with Crippen molar-refractivity contribution in [1.29, 1.82) is 0 Å². The van der Waals surface area contributed by atoms with Gasteiger partial charge in [0.25, 0.3) is 0 Å². The van der Waals surface area contributed by atoms with Gasteiger partial charge in [0.2, 0.25) is 0 Å². The van der Waals surface area contributed by atoms with Gasteiger partial charge in [-0.25, -0.2) is 4.39 Å². The van der Waals surface area contributed by atoms with E-state index in [9.17, 15) is 4.39 Å². The van der Waals surface area contributed by atoms with E-state index in [4.69, 9.17) is 17.4 Å². The van der Waals surface area contributed by atoms with Crippen molar-refractivity contribution in [3.63, 3.8) is 0 Å². The molecule has 0 bridgehead atoms. The van der Waals surface area contributed by atoms with E-state index in [0.717, 1.165) is 18.8 Å². The average Bonchev–Trinajstić information content (AvgIpc) is 2.48. The van der Waals surface area contributed by atoms with Gasteiger partial charge >= 0.3 is 0 Å². The monoisotopic (exact) mass is 362 g/mol. The van der Waals surface area contributed by atoms with Gasteiger partial charge in [-0.2, -0.15) is 0 Å². The third kappa shape index (κ3) is 3.35. The summed E-state index contributed by atoms with van der Waals surface area (Å²) in [6.45, 7) is 2.23. The number of hydrazine groups is 1. The fraction of sp³-hybridized carbons (Fsp3) is 0.600. The molecule has 0 heterocycles. The van der Waals surface area contributed by atoms with Crippen molar-refractivity contribution >= 4 is 27.5 Å². The highest BCUT2D eigenvalue weighted by atomic mass is 79.9. The first-order valence-electron chi connectivity index (χ1n) is 7.18. The van der Waals surface area contributed by atoms with Gasteiger partial charge in [-0.15, -0.1) is 0 Å². The van der Waals surface area contributed by atoms with Crippen LogP contribution in [0.25, 0.3) is 0 Å². The maximum atomic E-state index is 14.3. The van der Waals surface area contributed by atoms with Crippen LogP contribution >= 0.6 is 27.5 Å². The molecular formula is C15H21BrClFN2. The minimum atomic E-state index is -0.374. The second kappa shape index (κ2) is 7.21. The molecule has 1 unspecified atom stereocenters. The molecule has 0 aliphatic heterocycles. The first kappa shape index (κ1) is 16.2. The Hall–Kier alpha value is -0.160. The standard InChI is InChI=1S/C15H21BrClFN2/c1-2-9-3-5-10(6-4-9)15(20-19)11-7-8-12(16)13(17)14(11)18/h7-10,15,20H,2-6,19H2,1H3. The van der Waals surface area contributed by atoms with Crippen LogP contribution in [0.3, 0.4) is 0 Å². The zero-order valence-corrected chi connectivity index (χ0v) is 14.0. The van der Waals surface area contributed by atoms with Crippen LogP contribution in [0.1, 0.15) is 50.6 Å². The van der Waals surface area contributed by atoms with Crippen LogP contribution < -0.4 is 11.3 Å².